The number of hydrogen-bond donors (Lipinski definition) is 2. The number of ether oxygens (including phenoxy) is 1. The lowest BCUT2D eigenvalue weighted by Crippen LogP contribution is -2.18. The van der Waals surface area contributed by atoms with Gasteiger partial charge in [0.2, 0.25) is 0 Å². The Kier molecular flexibility index (Phi) is 4.98. The van der Waals surface area contributed by atoms with Crippen LogP contribution in [-0.4, -0.2) is 16.7 Å². The Balaban J connectivity index is 2.02. The molecular weight excluding hydrogens is 272 g/mol. The number of nitrogens with one attached hydrogen (secondary N) is 1. The van der Waals surface area contributed by atoms with Gasteiger partial charge in [-0.15, -0.1) is 11.3 Å². The topological polar surface area (TPSA) is 54.4 Å². The number of rotatable bonds is 6. The van der Waals surface area contributed by atoms with Gasteiger partial charge in [0.05, 0.1) is 12.6 Å². The van der Waals surface area contributed by atoms with Gasteiger partial charge >= 0.3 is 0 Å². The van der Waals surface area contributed by atoms with Crippen LogP contribution in [0, 0.1) is 6.92 Å². The third-order valence-corrected chi connectivity index (χ3v) is 4.09. The molecule has 20 heavy (non-hydrogen) atoms. The van der Waals surface area contributed by atoms with E-state index in [2.05, 4.69) is 17.2 Å². The van der Waals surface area contributed by atoms with Crippen LogP contribution in [-0.2, 0) is 6.54 Å². The second kappa shape index (κ2) is 6.72. The molecule has 0 saturated heterocycles. The smallest absolute Gasteiger partial charge is 0.162 e. The number of aromatic hydroxyl groups is 1. The number of aromatic nitrogens is 1. The first-order valence-electron chi connectivity index (χ1n) is 6.71. The van der Waals surface area contributed by atoms with Crippen molar-refractivity contribution >= 4 is 11.3 Å². The summed E-state index contributed by atoms with van der Waals surface area (Å²) in [6.07, 6.45) is 1.88. The molecule has 5 heteroatoms. The van der Waals surface area contributed by atoms with Gasteiger partial charge < -0.3 is 15.2 Å². The Labute approximate surface area is 123 Å². The van der Waals surface area contributed by atoms with Crippen LogP contribution in [0.15, 0.2) is 24.4 Å². The number of benzene rings is 1. The number of thiazole rings is 1. The van der Waals surface area contributed by atoms with Gasteiger partial charge in [0.15, 0.2) is 11.5 Å². The van der Waals surface area contributed by atoms with Gasteiger partial charge in [-0.1, -0.05) is 12.1 Å². The van der Waals surface area contributed by atoms with Crippen LogP contribution >= 0.6 is 11.3 Å². The summed E-state index contributed by atoms with van der Waals surface area (Å²) in [6, 6.07) is 5.71. The first-order valence-corrected chi connectivity index (χ1v) is 7.52. The van der Waals surface area contributed by atoms with E-state index in [1.54, 1.807) is 17.4 Å². The first kappa shape index (κ1) is 14.8. The van der Waals surface area contributed by atoms with E-state index >= 15 is 0 Å². The summed E-state index contributed by atoms with van der Waals surface area (Å²) in [7, 11) is 0. The summed E-state index contributed by atoms with van der Waals surface area (Å²) in [5.74, 6) is 0.744. The zero-order valence-electron chi connectivity index (χ0n) is 12.0. The lowest BCUT2D eigenvalue weighted by Gasteiger charge is -2.14. The van der Waals surface area contributed by atoms with Crippen molar-refractivity contribution in [2.75, 3.05) is 6.61 Å². The molecule has 0 radical (unpaired) electrons. The van der Waals surface area contributed by atoms with Crippen LogP contribution in [0.3, 0.4) is 0 Å². The average molecular weight is 292 g/mol. The van der Waals surface area contributed by atoms with Gasteiger partial charge in [0.25, 0.3) is 0 Å². The zero-order chi connectivity index (χ0) is 14.5. The van der Waals surface area contributed by atoms with E-state index in [1.807, 2.05) is 32.2 Å². The van der Waals surface area contributed by atoms with Crippen molar-refractivity contribution in [1.82, 2.24) is 10.3 Å². The molecule has 0 fully saturated rings. The predicted molar refractivity (Wildman–Crippen MR) is 81.4 cm³/mol. The predicted octanol–water partition coefficient (Wildman–Crippen LogP) is 3.41. The fourth-order valence-electron chi connectivity index (χ4n) is 1.91. The van der Waals surface area contributed by atoms with Crippen LogP contribution in [0.2, 0.25) is 0 Å². The summed E-state index contributed by atoms with van der Waals surface area (Å²) >= 11 is 1.69. The van der Waals surface area contributed by atoms with Crippen molar-refractivity contribution in [1.29, 1.82) is 0 Å². The maximum atomic E-state index is 10.1. The number of phenolic OH excluding ortho intramolecular Hbond substituents is 1. The highest BCUT2D eigenvalue weighted by atomic mass is 32.1. The van der Waals surface area contributed by atoms with E-state index < -0.39 is 0 Å². The molecule has 0 amide bonds. The van der Waals surface area contributed by atoms with Crippen molar-refractivity contribution in [3.8, 4) is 11.5 Å². The normalized spacial score (nSPS) is 12.3. The van der Waals surface area contributed by atoms with Gasteiger partial charge in [0, 0.05) is 23.2 Å². The molecule has 1 aromatic carbocycles. The van der Waals surface area contributed by atoms with Crippen molar-refractivity contribution < 1.29 is 9.84 Å². The van der Waals surface area contributed by atoms with E-state index in [1.165, 1.54) is 4.88 Å². The first-order chi connectivity index (χ1) is 9.61. The van der Waals surface area contributed by atoms with Gasteiger partial charge in [-0.3, -0.25) is 0 Å². The summed E-state index contributed by atoms with van der Waals surface area (Å²) in [5, 5.41) is 14.6. The van der Waals surface area contributed by atoms with Gasteiger partial charge in [-0.05, 0) is 26.8 Å². The number of aryl methyl sites for hydroxylation is 1. The third kappa shape index (κ3) is 3.49. The minimum absolute atomic E-state index is 0.156. The molecule has 1 unspecified atom stereocenters. The molecule has 2 rings (SSSR count). The van der Waals surface area contributed by atoms with Gasteiger partial charge in [-0.2, -0.15) is 0 Å². The second-order valence-electron chi connectivity index (χ2n) is 4.61. The van der Waals surface area contributed by atoms with Gasteiger partial charge in [-0.25, -0.2) is 4.98 Å². The minimum Gasteiger partial charge on any atom is -0.504 e. The molecule has 1 aromatic heterocycles. The molecule has 4 nitrogen and oxygen atoms in total. The molecule has 1 atom stereocenters. The molecule has 0 bridgehead atoms. The Morgan fingerprint density at radius 1 is 1.45 bits per heavy atom. The molecule has 0 aliphatic rings. The number of nitrogens with zero attached hydrogens (tertiary/aromatic N) is 1. The van der Waals surface area contributed by atoms with E-state index in [0.717, 1.165) is 10.6 Å². The van der Waals surface area contributed by atoms with Crippen molar-refractivity contribution in [3.05, 3.63) is 39.8 Å². The standard InChI is InChI=1S/C15H20N2O2S/c1-4-19-13-7-5-6-12(14(13)18)9-16-11(3)15-17-8-10(2)20-15/h5-8,11,16,18H,4,9H2,1-3H3. The number of phenols is 1. The molecule has 0 spiro atoms. The average Bonchev–Trinajstić information content (AvgIpc) is 2.86. The van der Waals surface area contributed by atoms with Crippen molar-refractivity contribution in [3.63, 3.8) is 0 Å². The highest BCUT2D eigenvalue weighted by Crippen LogP contribution is 2.30. The molecule has 2 N–H and O–H groups in total. The minimum atomic E-state index is 0.156. The van der Waals surface area contributed by atoms with Crippen LogP contribution in [0.1, 0.15) is 35.3 Å². The molecule has 1 heterocycles. The lowest BCUT2D eigenvalue weighted by atomic mass is 10.1. The fraction of sp³-hybridized carbons (Fsp3) is 0.400. The van der Waals surface area contributed by atoms with Crippen molar-refractivity contribution in [2.24, 2.45) is 0 Å². The Morgan fingerprint density at radius 3 is 2.90 bits per heavy atom. The highest BCUT2D eigenvalue weighted by Gasteiger charge is 2.12. The largest absolute Gasteiger partial charge is 0.504 e. The summed E-state index contributed by atoms with van der Waals surface area (Å²) in [5.41, 5.74) is 0.830. The van der Waals surface area contributed by atoms with Gasteiger partial charge in [0.1, 0.15) is 5.01 Å². The summed E-state index contributed by atoms with van der Waals surface area (Å²) in [4.78, 5) is 5.57. The maximum Gasteiger partial charge on any atom is 0.162 e. The molecule has 0 aliphatic heterocycles. The van der Waals surface area contributed by atoms with E-state index in [4.69, 9.17) is 4.74 Å². The molecule has 0 aliphatic carbocycles. The van der Waals surface area contributed by atoms with E-state index in [0.29, 0.717) is 18.9 Å². The Morgan fingerprint density at radius 2 is 2.25 bits per heavy atom. The van der Waals surface area contributed by atoms with Crippen molar-refractivity contribution in [2.45, 2.75) is 33.4 Å². The van der Waals surface area contributed by atoms with E-state index in [9.17, 15) is 5.11 Å². The molecule has 0 saturated carbocycles. The second-order valence-corrected chi connectivity index (χ2v) is 5.87. The SMILES string of the molecule is CCOc1cccc(CNC(C)c2ncc(C)s2)c1O. The fourth-order valence-corrected chi connectivity index (χ4v) is 2.71. The van der Waals surface area contributed by atoms with Crippen LogP contribution in [0.5, 0.6) is 11.5 Å². The number of para-hydroxylation sites is 1. The van der Waals surface area contributed by atoms with E-state index in [-0.39, 0.29) is 11.8 Å². The highest BCUT2D eigenvalue weighted by molar-refractivity contribution is 7.11. The number of hydrogen-bond acceptors (Lipinski definition) is 5. The Hall–Kier alpha value is -1.59. The molecule has 108 valence electrons. The maximum absolute atomic E-state index is 10.1. The quantitative estimate of drug-likeness (QED) is 0.856. The molecule has 2 aromatic rings. The summed E-state index contributed by atoms with van der Waals surface area (Å²) < 4.78 is 5.38. The van der Waals surface area contributed by atoms with Crippen LogP contribution < -0.4 is 10.1 Å². The molecular formula is C15H20N2O2S. The Bertz CT molecular complexity index is 569. The van der Waals surface area contributed by atoms with Crippen LogP contribution in [0.4, 0.5) is 0 Å². The third-order valence-electron chi connectivity index (χ3n) is 2.99. The summed E-state index contributed by atoms with van der Waals surface area (Å²) in [6.45, 7) is 7.13. The lowest BCUT2D eigenvalue weighted by molar-refractivity contribution is 0.316. The zero-order valence-corrected chi connectivity index (χ0v) is 12.8. The van der Waals surface area contributed by atoms with Crippen LogP contribution in [0.25, 0.3) is 0 Å². The monoisotopic (exact) mass is 292 g/mol.